The lowest BCUT2D eigenvalue weighted by Gasteiger charge is -2.05. The highest BCUT2D eigenvalue weighted by atomic mass is 79.9. The Kier molecular flexibility index (Phi) is 3.96. The van der Waals surface area contributed by atoms with Gasteiger partial charge in [0.1, 0.15) is 0 Å². The van der Waals surface area contributed by atoms with Gasteiger partial charge in [0.05, 0.1) is 10.0 Å². The van der Waals surface area contributed by atoms with Gasteiger partial charge >= 0.3 is 0 Å². The Morgan fingerprint density at radius 2 is 1.06 bits per heavy atom. The molecule has 2 aromatic rings. The number of hydrogen-bond donors (Lipinski definition) is 0. The minimum Gasteiger partial charge on any atom is -0.0831 e. The van der Waals surface area contributed by atoms with Gasteiger partial charge in [0.15, 0.2) is 0 Å². The first kappa shape index (κ1) is 12.4. The van der Waals surface area contributed by atoms with Gasteiger partial charge in [-0.25, -0.2) is 0 Å². The van der Waals surface area contributed by atoms with Crippen LogP contribution in [0.15, 0.2) is 45.3 Å². The third-order valence-corrected chi connectivity index (χ3v) is 4.64. The van der Waals surface area contributed by atoms with Gasteiger partial charge in [0.25, 0.3) is 0 Å². The van der Waals surface area contributed by atoms with E-state index in [0.717, 1.165) is 20.1 Å². The fourth-order valence-corrected chi connectivity index (χ4v) is 2.21. The molecule has 0 nitrogen and oxygen atoms in total. The lowest BCUT2D eigenvalue weighted by Crippen LogP contribution is -1.79. The van der Waals surface area contributed by atoms with Gasteiger partial charge in [0, 0.05) is 8.95 Å². The van der Waals surface area contributed by atoms with Crippen LogP contribution in [0.4, 0.5) is 0 Å². The van der Waals surface area contributed by atoms with Crippen molar-refractivity contribution in [2.24, 2.45) is 0 Å². The summed E-state index contributed by atoms with van der Waals surface area (Å²) in [5, 5.41) is 1.38. The highest BCUT2D eigenvalue weighted by Crippen LogP contribution is 2.32. The van der Waals surface area contributed by atoms with E-state index in [0.29, 0.717) is 10.0 Å². The summed E-state index contributed by atoms with van der Waals surface area (Å²) >= 11 is 18.8. The van der Waals surface area contributed by atoms with Crippen LogP contribution in [-0.2, 0) is 0 Å². The molecule has 4 heteroatoms. The molecule has 82 valence electrons. The molecule has 0 atom stereocenters. The molecule has 0 unspecified atom stereocenters. The molecule has 0 N–H and O–H groups in total. The van der Waals surface area contributed by atoms with Crippen LogP contribution in [-0.4, -0.2) is 0 Å². The van der Waals surface area contributed by atoms with Gasteiger partial charge in [-0.3, -0.25) is 0 Å². The number of rotatable bonds is 1. The van der Waals surface area contributed by atoms with Crippen molar-refractivity contribution >= 4 is 55.1 Å². The molecular formula is C12H6Br2Cl2. The monoisotopic (exact) mass is 378 g/mol. The summed E-state index contributed by atoms with van der Waals surface area (Å²) in [4.78, 5) is 0. The van der Waals surface area contributed by atoms with E-state index < -0.39 is 0 Å². The summed E-state index contributed by atoms with van der Waals surface area (Å²) in [6.45, 7) is 0. The Bertz CT molecular complexity index is 489. The van der Waals surface area contributed by atoms with Gasteiger partial charge in [-0.15, -0.1) is 0 Å². The van der Waals surface area contributed by atoms with E-state index in [4.69, 9.17) is 23.2 Å². The summed E-state index contributed by atoms with van der Waals surface area (Å²) in [5.41, 5.74) is 2.09. The average Bonchev–Trinajstić information content (AvgIpc) is 2.26. The smallest absolute Gasteiger partial charge is 0.0554 e. The third kappa shape index (κ3) is 2.62. The van der Waals surface area contributed by atoms with Crippen molar-refractivity contribution in [3.8, 4) is 11.1 Å². The molecule has 0 aliphatic rings. The predicted molar refractivity (Wildman–Crippen MR) is 77.3 cm³/mol. The zero-order chi connectivity index (χ0) is 11.7. The second-order valence-corrected chi connectivity index (χ2v) is 5.78. The SMILES string of the molecule is Clc1cc(-c2ccc(Br)c(Cl)c2)ccc1Br. The van der Waals surface area contributed by atoms with Crippen molar-refractivity contribution in [3.63, 3.8) is 0 Å². The Morgan fingerprint density at radius 3 is 1.38 bits per heavy atom. The molecule has 0 saturated carbocycles. The van der Waals surface area contributed by atoms with Crippen LogP contribution in [0, 0.1) is 0 Å². The van der Waals surface area contributed by atoms with Crippen molar-refractivity contribution < 1.29 is 0 Å². The lowest BCUT2D eigenvalue weighted by atomic mass is 10.1. The largest absolute Gasteiger partial charge is 0.0831 e. The maximum Gasteiger partial charge on any atom is 0.0554 e. The number of halogens is 4. The molecule has 2 aromatic carbocycles. The molecule has 0 spiro atoms. The van der Waals surface area contributed by atoms with Crippen LogP contribution >= 0.6 is 55.1 Å². The molecule has 16 heavy (non-hydrogen) atoms. The molecule has 0 saturated heterocycles. The average molecular weight is 381 g/mol. The molecule has 0 bridgehead atoms. The van der Waals surface area contributed by atoms with Crippen LogP contribution in [0.1, 0.15) is 0 Å². The van der Waals surface area contributed by atoms with Gasteiger partial charge in [0.2, 0.25) is 0 Å². The van der Waals surface area contributed by atoms with E-state index in [1.165, 1.54) is 0 Å². The van der Waals surface area contributed by atoms with E-state index in [1.54, 1.807) is 0 Å². The fraction of sp³-hybridized carbons (Fsp3) is 0. The summed E-state index contributed by atoms with van der Waals surface area (Å²) in [5.74, 6) is 0. The molecule has 0 radical (unpaired) electrons. The van der Waals surface area contributed by atoms with E-state index in [2.05, 4.69) is 31.9 Å². The quantitative estimate of drug-likeness (QED) is 0.553. The molecule has 0 aromatic heterocycles. The van der Waals surface area contributed by atoms with Gasteiger partial charge in [-0.2, -0.15) is 0 Å². The maximum atomic E-state index is 6.05. The standard InChI is InChI=1S/C12H6Br2Cl2/c13-9-3-1-7(5-11(9)15)8-2-4-10(14)12(16)6-8/h1-6H. The topological polar surface area (TPSA) is 0 Å². The second-order valence-electron chi connectivity index (χ2n) is 3.26. The molecule has 0 fully saturated rings. The molecule has 0 aliphatic carbocycles. The minimum atomic E-state index is 0.691. The minimum absolute atomic E-state index is 0.691. The lowest BCUT2D eigenvalue weighted by molar-refractivity contribution is 1.57. The predicted octanol–water partition coefficient (Wildman–Crippen LogP) is 6.19. The van der Waals surface area contributed by atoms with Crippen LogP contribution < -0.4 is 0 Å². The van der Waals surface area contributed by atoms with Crippen LogP contribution in [0.5, 0.6) is 0 Å². The first-order valence-electron chi connectivity index (χ1n) is 4.48. The molecule has 2 rings (SSSR count). The summed E-state index contributed by atoms with van der Waals surface area (Å²) in [6.07, 6.45) is 0. The number of benzene rings is 2. The van der Waals surface area contributed by atoms with Gasteiger partial charge < -0.3 is 0 Å². The molecule has 0 amide bonds. The Labute approximate surface area is 121 Å². The van der Waals surface area contributed by atoms with Crippen LogP contribution in [0.2, 0.25) is 10.0 Å². The molecule has 0 aliphatic heterocycles. The van der Waals surface area contributed by atoms with Crippen molar-refractivity contribution in [2.75, 3.05) is 0 Å². The molecular weight excluding hydrogens is 375 g/mol. The summed E-state index contributed by atoms with van der Waals surface area (Å²) < 4.78 is 1.78. The van der Waals surface area contributed by atoms with Gasteiger partial charge in [-0.05, 0) is 67.3 Å². The van der Waals surface area contributed by atoms with Crippen molar-refractivity contribution in [1.29, 1.82) is 0 Å². The van der Waals surface area contributed by atoms with E-state index in [9.17, 15) is 0 Å². The maximum absolute atomic E-state index is 6.05. The van der Waals surface area contributed by atoms with Gasteiger partial charge in [-0.1, -0.05) is 35.3 Å². The third-order valence-electron chi connectivity index (χ3n) is 2.17. The highest BCUT2D eigenvalue weighted by Gasteiger charge is 2.04. The normalized spacial score (nSPS) is 10.5. The van der Waals surface area contributed by atoms with Crippen molar-refractivity contribution in [3.05, 3.63) is 55.4 Å². The zero-order valence-corrected chi connectivity index (χ0v) is 12.7. The first-order chi connectivity index (χ1) is 7.58. The fourth-order valence-electron chi connectivity index (χ4n) is 1.35. The van der Waals surface area contributed by atoms with Crippen molar-refractivity contribution in [2.45, 2.75) is 0 Å². The Morgan fingerprint density at radius 1 is 0.688 bits per heavy atom. The van der Waals surface area contributed by atoms with E-state index in [1.807, 2.05) is 36.4 Å². The first-order valence-corrected chi connectivity index (χ1v) is 6.82. The second kappa shape index (κ2) is 5.09. The van der Waals surface area contributed by atoms with Crippen LogP contribution in [0.25, 0.3) is 11.1 Å². The Balaban J connectivity index is 2.50. The highest BCUT2D eigenvalue weighted by molar-refractivity contribution is 9.10. The van der Waals surface area contributed by atoms with E-state index >= 15 is 0 Å². The van der Waals surface area contributed by atoms with Crippen LogP contribution in [0.3, 0.4) is 0 Å². The summed E-state index contributed by atoms with van der Waals surface area (Å²) in [7, 11) is 0. The zero-order valence-electron chi connectivity index (χ0n) is 7.98. The number of hydrogen-bond acceptors (Lipinski definition) is 0. The Hall–Kier alpha value is -0.0200. The van der Waals surface area contributed by atoms with E-state index in [-0.39, 0.29) is 0 Å². The molecule has 0 heterocycles. The summed E-state index contributed by atoms with van der Waals surface area (Å²) in [6, 6.07) is 11.7. The van der Waals surface area contributed by atoms with Crippen molar-refractivity contribution in [1.82, 2.24) is 0 Å².